The standard InChI is InChI=1S/C17H15ClO5/c1-21-16-10-12(11-19)6-7-15(16)22-8-9-23-17(20)13-4-2-3-5-14(13)18/h2-7,10-11H,8-9H2,1H3. The molecular weight excluding hydrogens is 320 g/mol. The molecule has 0 N–H and O–H groups in total. The van der Waals surface area contributed by atoms with Crippen molar-refractivity contribution in [3.8, 4) is 11.5 Å². The molecule has 0 aliphatic carbocycles. The maximum Gasteiger partial charge on any atom is 0.339 e. The summed E-state index contributed by atoms with van der Waals surface area (Å²) in [6, 6.07) is 11.5. The van der Waals surface area contributed by atoms with E-state index in [0.717, 1.165) is 6.29 Å². The van der Waals surface area contributed by atoms with Crippen molar-refractivity contribution < 1.29 is 23.8 Å². The van der Waals surface area contributed by atoms with E-state index in [1.807, 2.05) is 0 Å². The Labute approximate surface area is 138 Å². The highest BCUT2D eigenvalue weighted by molar-refractivity contribution is 6.33. The fourth-order valence-corrected chi connectivity index (χ4v) is 2.08. The van der Waals surface area contributed by atoms with Gasteiger partial charge >= 0.3 is 5.97 Å². The Hall–Kier alpha value is -2.53. The Balaban J connectivity index is 1.87. The van der Waals surface area contributed by atoms with Crippen LogP contribution < -0.4 is 9.47 Å². The van der Waals surface area contributed by atoms with Gasteiger partial charge in [-0.05, 0) is 30.3 Å². The van der Waals surface area contributed by atoms with E-state index in [0.29, 0.717) is 27.6 Å². The lowest BCUT2D eigenvalue weighted by molar-refractivity contribution is 0.0449. The second-order valence-electron chi connectivity index (χ2n) is 4.49. The van der Waals surface area contributed by atoms with Crippen molar-refractivity contribution in [1.82, 2.24) is 0 Å². The fourth-order valence-electron chi connectivity index (χ4n) is 1.87. The highest BCUT2D eigenvalue weighted by atomic mass is 35.5. The summed E-state index contributed by atoms with van der Waals surface area (Å²) in [5, 5.41) is 0.338. The molecule has 2 aromatic rings. The Morgan fingerprint density at radius 2 is 1.91 bits per heavy atom. The summed E-state index contributed by atoms with van der Waals surface area (Å²) in [4.78, 5) is 22.6. The van der Waals surface area contributed by atoms with Crippen molar-refractivity contribution in [1.29, 1.82) is 0 Å². The van der Waals surface area contributed by atoms with Crippen LogP contribution in [0.5, 0.6) is 11.5 Å². The molecule has 0 saturated carbocycles. The third kappa shape index (κ3) is 4.47. The van der Waals surface area contributed by atoms with E-state index in [1.54, 1.807) is 42.5 Å². The Morgan fingerprint density at radius 1 is 1.13 bits per heavy atom. The number of halogens is 1. The summed E-state index contributed by atoms with van der Waals surface area (Å²) in [6.07, 6.45) is 0.720. The summed E-state index contributed by atoms with van der Waals surface area (Å²) in [7, 11) is 1.48. The van der Waals surface area contributed by atoms with Crippen molar-refractivity contribution in [3.63, 3.8) is 0 Å². The van der Waals surface area contributed by atoms with Crippen molar-refractivity contribution in [2.75, 3.05) is 20.3 Å². The summed E-state index contributed by atoms with van der Waals surface area (Å²) < 4.78 is 15.7. The maximum atomic E-state index is 11.9. The normalized spacial score (nSPS) is 10.0. The minimum Gasteiger partial charge on any atom is -0.493 e. The number of ether oxygens (including phenoxy) is 3. The average molecular weight is 335 g/mol. The van der Waals surface area contributed by atoms with Crippen LogP contribution in [0.3, 0.4) is 0 Å². The van der Waals surface area contributed by atoms with E-state index in [4.69, 9.17) is 25.8 Å². The van der Waals surface area contributed by atoms with Crippen molar-refractivity contribution in [2.24, 2.45) is 0 Å². The number of esters is 1. The molecule has 6 heteroatoms. The molecule has 0 aromatic heterocycles. The molecule has 0 saturated heterocycles. The van der Waals surface area contributed by atoms with Gasteiger partial charge in [-0.15, -0.1) is 0 Å². The highest BCUT2D eigenvalue weighted by Gasteiger charge is 2.11. The zero-order valence-electron chi connectivity index (χ0n) is 12.5. The zero-order valence-corrected chi connectivity index (χ0v) is 13.2. The van der Waals surface area contributed by atoms with Crippen molar-refractivity contribution >= 4 is 23.9 Å². The molecule has 0 aliphatic rings. The molecule has 2 rings (SSSR count). The quantitative estimate of drug-likeness (QED) is 0.441. The van der Waals surface area contributed by atoms with Gasteiger partial charge in [0.15, 0.2) is 11.5 Å². The highest BCUT2D eigenvalue weighted by Crippen LogP contribution is 2.27. The van der Waals surface area contributed by atoms with Gasteiger partial charge in [0.25, 0.3) is 0 Å². The van der Waals surface area contributed by atoms with Gasteiger partial charge in [0.05, 0.1) is 17.7 Å². The van der Waals surface area contributed by atoms with Gasteiger partial charge in [-0.2, -0.15) is 0 Å². The molecule has 2 aromatic carbocycles. The Kier molecular flexibility index (Phi) is 6.00. The molecule has 120 valence electrons. The van der Waals surface area contributed by atoms with E-state index in [-0.39, 0.29) is 13.2 Å². The monoisotopic (exact) mass is 334 g/mol. The van der Waals surface area contributed by atoms with Gasteiger partial charge < -0.3 is 14.2 Å². The number of methoxy groups -OCH3 is 1. The number of hydrogen-bond acceptors (Lipinski definition) is 5. The van der Waals surface area contributed by atoms with Crippen LogP contribution in [-0.4, -0.2) is 32.6 Å². The van der Waals surface area contributed by atoms with Crippen LogP contribution in [0.25, 0.3) is 0 Å². The third-order valence-corrected chi connectivity index (χ3v) is 3.32. The van der Waals surface area contributed by atoms with Crippen LogP contribution >= 0.6 is 11.6 Å². The smallest absolute Gasteiger partial charge is 0.339 e. The molecule has 0 aliphatic heterocycles. The first-order chi connectivity index (χ1) is 11.2. The minimum absolute atomic E-state index is 0.0582. The Bertz CT molecular complexity index is 699. The number of benzene rings is 2. The van der Waals surface area contributed by atoms with Crippen LogP contribution in [0.2, 0.25) is 5.02 Å². The molecule has 0 heterocycles. The number of rotatable bonds is 7. The second-order valence-corrected chi connectivity index (χ2v) is 4.90. The van der Waals surface area contributed by atoms with Crippen LogP contribution in [0.1, 0.15) is 20.7 Å². The SMILES string of the molecule is COc1cc(C=O)ccc1OCCOC(=O)c1ccccc1Cl. The molecule has 0 bridgehead atoms. The van der Waals surface area contributed by atoms with Crippen LogP contribution in [0.4, 0.5) is 0 Å². The summed E-state index contributed by atoms with van der Waals surface area (Å²) >= 11 is 5.92. The Morgan fingerprint density at radius 3 is 2.61 bits per heavy atom. The molecule has 5 nitrogen and oxygen atoms in total. The lowest BCUT2D eigenvalue weighted by Crippen LogP contribution is -2.13. The largest absolute Gasteiger partial charge is 0.493 e. The number of hydrogen-bond donors (Lipinski definition) is 0. The van der Waals surface area contributed by atoms with E-state index in [1.165, 1.54) is 7.11 Å². The number of carbonyl (C=O) groups is 2. The van der Waals surface area contributed by atoms with Gasteiger partial charge in [0.2, 0.25) is 0 Å². The van der Waals surface area contributed by atoms with E-state index >= 15 is 0 Å². The number of carbonyl (C=O) groups excluding carboxylic acids is 2. The van der Waals surface area contributed by atoms with E-state index < -0.39 is 5.97 Å². The first-order valence-corrected chi connectivity index (χ1v) is 7.21. The number of aldehydes is 1. The molecule has 0 spiro atoms. The van der Waals surface area contributed by atoms with E-state index in [2.05, 4.69) is 0 Å². The fraction of sp³-hybridized carbons (Fsp3) is 0.176. The van der Waals surface area contributed by atoms with Gasteiger partial charge in [-0.1, -0.05) is 23.7 Å². The summed E-state index contributed by atoms with van der Waals surface area (Å²) in [5.74, 6) is 0.390. The van der Waals surface area contributed by atoms with Gasteiger partial charge in [0.1, 0.15) is 19.5 Å². The van der Waals surface area contributed by atoms with Crippen molar-refractivity contribution in [3.05, 3.63) is 58.6 Å². The van der Waals surface area contributed by atoms with Gasteiger partial charge in [-0.25, -0.2) is 4.79 Å². The average Bonchev–Trinajstić information content (AvgIpc) is 2.58. The maximum absolute atomic E-state index is 11.9. The molecule has 0 unspecified atom stereocenters. The molecule has 23 heavy (non-hydrogen) atoms. The molecule has 0 atom stereocenters. The predicted molar refractivity (Wildman–Crippen MR) is 85.6 cm³/mol. The zero-order chi connectivity index (χ0) is 16.7. The first kappa shape index (κ1) is 16.8. The van der Waals surface area contributed by atoms with Crippen LogP contribution in [0.15, 0.2) is 42.5 Å². The topological polar surface area (TPSA) is 61.8 Å². The molecular formula is C17H15ClO5. The molecule has 0 radical (unpaired) electrons. The van der Waals surface area contributed by atoms with Crippen LogP contribution in [0, 0.1) is 0 Å². The summed E-state index contributed by atoms with van der Waals surface area (Å²) in [5.41, 5.74) is 0.793. The van der Waals surface area contributed by atoms with E-state index in [9.17, 15) is 9.59 Å². The lowest BCUT2D eigenvalue weighted by Gasteiger charge is -2.11. The molecule has 0 amide bonds. The first-order valence-electron chi connectivity index (χ1n) is 6.83. The van der Waals surface area contributed by atoms with Gasteiger partial charge in [-0.3, -0.25) is 4.79 Å². The minimum atomic E-state index is -0.512. The van der Waals surface area contributed by atoms with Crippen LogP contribution in [-0.2, 0) is 4.74 Å². The predicted octanol–water partition coefficient (Wildman–Crippen LogP) is 3.40. The second kappa shape index (κ2) is 8.19. The third-order valence-electron chi connectivity index (χ3n) is 2.99. The van der Waals surface area contributed by atoms with Gasteiger partial charge in [0, 0.05) is 5.56 Å². The molecule has 0 fully saturated rings. The van der Waals surface area contributed by atoms with Crippen molar-refractivity contribution in [2.45, 2.75) is 0 Å². The summed E-state index contributed by atoms with van der Waals surface area (Å²) in [6.45, 7) is 0.204. The lowest BCUT2D eigenvalue weighted by atomic mass is 10.2.